The zero-order valence-electron chi connectivity index (χ0n) is 14.9. The smallest absolute Gasteiger partial charge is 0.263 e. The van der Waals surface area contributed by atoms with Crippen molar-refractivity contribution >= 4 is 45.6 Å². The third-order valence-electron chi connectivity index (χ3n) is 3.90. The van der Waals surface area contributed by atoms with Crippen LogP contribution in [-0.4, -0.2) is 21.8 Å². The lowest BCUT2D eigenvalue weighted by Crippen LogP contribution is -2.22. The molecule has 0 saturated heterocycles. The second-order valence-electron chi connectivity index (χ2n) is 6.02. The van der Waals surface area contributed by atoms with Gasteiger partial charge in [0.1, 0.15) is 5.56 Å². The fraction of sp³-hybridized carbons (Fsp3) is 0.158. The highest BCUT2D eigenvalue weighted by molar-refractivity contribution is 7.14. The number of H-pyrrole nitrogens is 1. The molecule has 0 bridgehead atoms. The van der Waals surface area contributed by atoms with Crippen molar-refractivity contribution in [3.05, 3.63) is 74.1 Å². The first-order chi connectivity index (χ1) is 13.4. The summed E-state index contributed by atoms with van der Waals surface area (Å²) < 4.78 is 0. The first kappa shape index (κ1) is 19.8. The summed E-state index contributed by atoms with van der Waals surface area (Å²) in [5.74, 6) is -0.689. The molecule has 0 aliphatic carbocycles. The number of halogens is 1. The number of aromatic nitrogens is 2. The van der Waals surface area contributed by atoms with Gasteiger partial charge in [-0.2, -0.15) is 0 Å². The minimum Gasteiger partial charge on any atom is -0.328 e. The third kappa shape index (κ3) is 5.05. The molecule has 0 spiro atoms. The van der Waals surface area contributed by atoms with E-state index >= 15 is 0 Å². The van der Waals surface area contributed by atoms with Crippen molar-refractivity contribution in [3.8, 4) is 0 Å². The van der Waals surface area contributed by atoms with Gasteiger partial charge in [-0.25, -0.2) is 4.98 Å². The second kappa shape index (κ2) is 8.81. The molecule has 0 aliphatic heterocycles. The van der Waals surface area contributed by atoms with Crippen LogP contribution in [0.4, 0.5) is 10.8 Å². The molecule has 0 radical (unpaired) electrons. The number of hydrogen-bond acceptors (Lipinski definition) is 5. The van der Waals surface area contributed by atoms with Crippen LogP contribution in [0.5, 0.6) is 0 Å². The summed E-state index contributed by atoms with van der Waals surface area (Å²) in [6.45, 7) is 1.89. The predicted molar refractivity (Wildman–Crippen MR) is 110 cm³/mol. The first-order valence-electron chi connectivity index (χ1n) is 8.42. The lowest BCUT2D eigenvalue weighted by atomic mass is 10.2. The zero-order valence-corrected chi connectivity index (χ0v) is 16.5. The molecule has 3 rings (SSSR count). The predicted octanol–water partition coefficient (Wildman–Crippen LogP) is 3.62. The molecule has 144 valence electrons. The Morgan fingerprint density at radius 1 is 1.25 bits per heavy atom. The van der Waals surface area contributed by atoms with E-state index in [9.17, 15) is 14.4 Å². The molecule has 0 saturated carbocycles. The number of nitrogens with one attached hydrogen (secondary N) is 3. The lowest BCUT2D eigenvalue weighted by molar-refractivity contribution is -0.116. The topological polar surface area (TPSA) is 104 Å². The van der Waals surface area contributed by atoms with Crippen LogP contribution >= 0.6 is 22.9 Å². The minimum absolute atomic E-state index is 0.00962. The molecule has 0 atom stereocenters. The number of nitrogens with zero attached hydrogens (tertiary/aromatic N) is 1. The van der Waals surface area contributed by atoms with E-state index in [0.717, 1.165) is 5.56 Å². The van der Waals surface area contributed by atoms with Crippen molar-refractivity contribution in [1.82, 2.24) is 9.97 Å². The summed E-state index contributed by atoms with van der Waals surface area (Å²) in [7, 11) is 0. The van der Waals surface area contributed by atoms with Crippen LogP contribution in [0.2, 0.25) is 5.02 Å². The van der Waals surface area contributed by atoms with Gasteiger partial charge < -0.3 is 10.3 Å². The van der Waals surface area contributed by atoms with Crippen LogP contribution in [0.15, 0.2) is 46.7 Å². The molecule has 0 fully saturated rings. The molecule has 2 heterocycles. The molecular weight excluding hydrogens is 400 g/mol. The lowest BCUT2D eigenvalue weighted by Gasteiger charge is -2.06. The molecule has 2 aromatic heterocycles. The second-order valence-corrected chi connectivity index (χ2v) is 7.29. The molecule has 1 aromatic carbocycles. The van der Waals surface area contributed by atoms with Gasteiger partial charge in [-0.15, -0.1) is 11.3 Å². The van der Waals surface area contributed by atoms with Crippen molar-refractivity contribution in [2.24, 2.45) is 0 Å². The van der Waals surface area contributed by atoms with Gasteiger partial charge in [0.05, 0.1) is 5.69 Å². The number of aromatic amines is 1. The maximum atomic E-state index is 12.1. The zero-order chi connectivity index (χ0) is 20.1. The Kier molecular flexibility index (Phi) is 6.23. The Morgan fingerprint density at radius 3 is 2.82 bits per heavy atom. The average molecular weight is 417 g/mol. The normalized spacial score (nSPS) is 10.5. The standard InChI is InChI=1S/C19H17ClN4O3S/c1-11-4-5-12(9-15(11)20)22-16(25)7-6-13-10-28-19(23-13)24-18(27)14-3-2-8-21-17(14)26/h2-5,8-10H,6-7H2,1H3,(H,21,26)(H,22,25)(H,23,24,27). The SMILES string of the molecule is Cc1ccc(NC(=O)CCc2csc(NC(=O)c3ccc[nH]c3=O)n2)cc1Cl. The number of aryl methyl sites for hydroxylation is 2. The number of benzene rings is 1. The Hall–Kier alpha value is -2.97. The van der Waals surface area contributed by atoms with Crippen LogP contribution in [0.3, 0.4) is 0 Å². The number of anilines is 2. The Labute approximate surface area is 169 Å². The summed E-state index contributed by atoms with van der Waals surface area (Å²) in [6.07, 6.45) is 2.11. The summed E-state index contributed by atoms with van der Waals surface area (Å²) in [4.78, 5) is 42.6. The van der Waals surface area contributed by atoms with Crippen LogP contribution in [-0.2, 0) is 11.2 Å². The van der Waals surface area contributed by atoms with Crippen LogP contribution in [0.1, 0.15) is 28.0 Å². The highest BCUT2D eigenvalue weighted by Gasteiger charge is 2.13. The number of pyridine rings is 1. The van der Waals surface area contributed by atoms with Gasteiger partial charge in [-0.3, -0.25) is 19.7 Å². The van der Waals surface area contributed by atoms with E-state index in [4.69, 9.17) is 11.6 Å². The number of carbonyl (C=O) groups is 2. The third-order valence-corrected chi connectivity index (χ3v) is 5.11. The van der Waals surface area contributed by atoms with Gasteiger partial charge in [0.15, 0.2) is 5.13 Å². The Bertz CT molecular complexity index is 1080. The van der Waals surface area contributed by atoms with E-state index in [1.807, 2.05) is 13.0 Å². The summed E-state index contributed by atoms with van der Waals surface area (Å²) >= 11 is 7.29. The molecule has 0 aliphatic rings. The molecule has 9 heteroatoms. The van der Waals surface area contributed by atoms with E-state index in [1.54, 1.807) is 23.6 Å². The average Bonchev–Trinajstić information content (AvgIpc) is 3.11. The summed E-state index contributed by atoms with van der Waals surface area (Å²) in [5, 5.41) is 8.11. The maximum Gasteiger partial charge on any atom is 0.263 e. The molecule has 3 N–H and O–H groups in total. The summed E-state index contributed by atoms with van der Waals surface area (Å²) in [5.41, 5.74) is 1.80. The molecular formula is C19H17ClN4O3S. The van der Waals surface area contributed by atoms with Gasteiger partial charge in [0.2, 0.25) is 5.91 Å². The van der Waals surface area contributed by atoms with E-state index in [-0.39, 0.29) is 17.9 Å². The molecule has 3 aromatic rings. The number of carbonyl (C=O) groups excluding carboxylic acids is 2. The quantitative estimate of drug-likeness (QED) is 0.570. The fourth-order valence-corrected chi connectivity index (χ4v) is 3.30. The van der Waals surface area contributed by atoms with Crippen molar-refractivity contribution in [1.29, 1.82) is 0 Å². The van der Waals surface area contributed by atoms with Crippen LogP contribution in [0.25, 0.3) is 0 Å². The number of amides is 2. The first-order valence-corrected chi connectivity index (χ1v) is 9.67. The maximum absolute atomic E-state index is 12.1. The van der Waals surface area contributed by atoms with E-state index < -0.39 is 11.5 Å². The Morgan fingerprint density at radius 2 is 2.07 bits per heavy atom. The van der Waals surface area contributed by atoms with E-state index in [0.29, 0.717) is 28.0 Å². The highest BCUT2D eigenvalue weighted by Crippen LogP contribution is 2.21. The van der Waals surface area contributed by atoms with Crippen LogP contribution in [0, 0.1) is 6.92 Å². The number of hydrogen-bond donors (Lipinski definition) is 3. The molecule has 0 unspecified atom stereocenters. The summed E-state index contributed by atoms with van der Waals surface area (Å²) in [6, 6.07) is 8.34. The fourth-order valence-electron chi connectivity index (χ4n) is 2.38. The van der Waals surface area contributed by atoms with Crippen molar-refractivity contribution < 1.29 is 9.59 Å². The van der Waals surface area contributed by atoms with E-state index in [1.165, 1.54) is 23.6 Å². The van der Waals surface area contributed by atoms with Gasteiger partial charge in [0, 0.05) is 28.7 Å². The molecule has 7 nitrogen and oxygen atoms in total. The Balaban J connectivity index is 1.53. The van der Waals surface area contributed by atoms with Gasteiger partial charge in [-0.1, -0.05) is 17.7 Å². The minimum atomic E-state index is -0.531. The van der Waals surface area contributed by atoms with E-state index in [2.05, 4.69) is 20.6 Å². The number of rotatable bonds is 6. The van der Waals surface area contributed by atoms with Gasteiger partial charge in [-0.05, 0) is 43.2 Å². The van der Waals surface area contributed by atoms with Crippen LogP contribution < -0.4 is 16.2 Å². The highest BCUT2D eigenvalue weighted by atomic mass is 35.5. The van der Waals surface area contributed by atoms with Crippen molar-refractivity contribution in [3.63, 3.8) is 0 Å². The molecule has 28 heavy (non-hydrogen) atoms. The molecule has 2 amide bonds. The van der Waals surface area contributed by atoms with Gasteiger partial charge in [0.25, 0.3) is 11.5 Å². The monoisotopic (exact) mass is 416 g/mol. The van der Waals surface area contributed by atoms with Gasteiger partial charge >= 0.3 is 0 Å². The van der Waals surface area contributed by atoms with Crippen molar-refractivity contribution in [2.75, 3.05) is 10.6 Å². The van der Waals surface area contributed by atoms with Crippen molar-refractivity contribution in [2.45, 2.75) is 19.8 Å². The number of thiazole rings is 1. The largest absolute Gasteiger partial charge is 0.328 e.